The molecule has 0 aliphatic rings. The molecule has 0 atom stereocenters. The fourth-order valence-electron chi connectivity index (χ4n) is 4.14. The van der Waals surface area contributed by atoms with Crippen molar-refractivity contribution in [2.45, 2.75) is 83.4 Å². The third kappa shape index (κ3) is 6.04. The fraction of sp³-hybridized carbons (Fsp3) is 0.542. The van der Waals surface area contributed by atoms with Gasteiger partial charge in [0.15, 0.2) is 0 Å². The number of unbranched alkanes of at least 4 members (excludes halogenated alkanes) is 3. The Kier molecular flexibility index (Phi) is 9.44. The van der Waals surface area contributed by atoms with Gasteiger partial charge in [0.25, 0.3) is 0 Å². The first-order valence-corrected chi connectivity index (χ1v) is 20.6. The van der Waals surface area contributed by atoms with E-state index in [1.807, 2.05) is 11.8 Å². The minimum atomic E-state index is -2.34. The van der Waals surface area contributed by atoms with Crippen LogP contribution in [0, 0.1) is 0 Å². The summed E-state index contributed by atoms with van der Waals surface area (Å²) in [6.45, 7) is 7.08. The molecular weight excluding hydrogens is 499 g/mol. The van der Waals surface area contributed by atoms with Gasteiger partial charge in [-0.2, -0.15) is 0 Å². The van der Waals surface area contributed by atoms with Crippen molar-refractivity contribution in [1.82, 2.24) is 9.38 Å². The zero-order valence-electron chi connectivity index (χ0n) is 18.3. The summed E-state index contributed by atoms with van der Waals surface area (Å²) in [5.74, 6) is 0.997. The molecule has 5 heteroatoms. The number of hydrogen-bond donors (Lipinski definition) is 0. The molecule has 3 aromatic rings. The Hall–Kier alpha value is -0.461. The standard InChI is InChI=1S/C12H9N2S2.3C4H9.Sn/c1-2-4-10(5-3-1)8-16-11-12-14(9-13-11)6-7-15-12;3*1-3-4-2;/h1-6,9H,8H2;3*1,3-4H2,2H3;. The van der Waals surface area contributed by atoms with E-state index in [1.54, 1.807) is 2.89 Å². The number of thioether (sulfide) groups is 1. The van der Waals surface area contributed by atoms with Crippen LogP contribution in [0.25, 0.3) is 4.83 Å². The normalized spacial score (nSPS) is 12.1. The van der Waals surface area contributed by atoms with Gasteiger partial charge >= 0.3 is 190 Å². The van der Waals surface area contributed by atoms with Gasteiger partial charge in [0.05, 0.1) is 0 Å². The summed E-state index contributed by atoms with van der Waals surface area (Å²) < 4.78 is 8.75. The van der Waals surface area contributed by atoms with Crippen LogP contribution in [0.2, 0.25) is 13.3 Å². The molecule has 0 radical (unpaired) electrons. The zero-order valence-corrected chi connectivity index (χ0v) is 22.8. The molecule has 0 amide bonds. The molecule has 0 saturated carbocycles. The number of aromatic nitrogens is 2. The van der Waals surface area contributed by atoms with Crippen LogP contribution in [-0.4, -0.2) is 27.8 Å². The predicted octanol–water partition coefficient (Wildman–Crippen LogP) is 7.74. The van der Waals surface area contributed by atoms with Crippen molar-refractivity contribution in [3.63, 3.8) is 0 Å². The Balaban J connectivity index is 1.86. The topological polar surface area (TPSA) is 17.3 Å². The first-order chi connectivity index (χ1) is 14.2. The van der Waals surface area contributed by atoms with Crippen LogP contribution >= 0.6 is 23.1 Å². The minimum absolute atomic E-state index is 0.997. The van der Waals surface area contributed by atoms with Crippen LogP contribution in [0.15, 0.2) is 47.9 Å². The summed E-state index contributed by atoms with van der Waals surface area (Å²) in [7, 11) is 0. The first-order valence-electron chi connectivity index (χ1n) is 11.4. The molecule has 158 valence electrons. The molecular formula is C24H36N2S2Sn. The van der Waals surface area contributed by atoms with Crippen molar-refractivity contribution in [3.8, 4) is 0 Å². The second-order valence-corrected chi connectivity index (χ2v) is 24.4. The number of hydrogen-bond acceptors (Lipinski definition) is 3. The first kappa shape index (κ1) is 23.2. The fourth-order valence-corrected chi connectivity index (χ4v) is 25.2. The van der Waals surface area contributed by atoms with Gasteiger partial charge in [0.2, 0.25) is 0 Å². The molecule has 0 unspecified atom stereocenters. The van der Waals surface area contributed by atoms with Gasteiger partial charge in [-0.15, -0.1) is 0 Å². The van der Waals surface area contributed by atoms with E-state index in [0.717, 1.165) is 5.75 Å². The van der Waals surface area contributed by atoms with E-state index in [4.69, 9.17) is 4.98 Å². The second-order valence-electron chi connectivity index (χ2n) is 8.22. The summed E-state index contributed by atoms with van der Waals surface area (Å²) in [5, 5.41) is 1.21. The SMILES string of the molecule is CCC[CH2][Sn]([CH2]CCC)([CH2]CCC)[c]1cn2cnc(SCc3ccccc3)c2s1. The Labute approximate surface area is 189 Å². The van der Waals surface area contributed by atoms with E-state index in [9.17, 15) is 0 Å². The maximum absolute atomic E-state index is 4.74. The summed E-state index contributed by atoms with van der Waals surface area (Å²) >= 11 is 1.64. The van der Waals surface area contributed by atoms with E-state index >= 15 is 0 Å². The van der Waals surface area contributed by atoms with Crippen molar-refractivity contribution < 1.29 is 0 Å². The van der Waals surface area contributed by atoms with Gasteiger partial charge in [-0.3, -0.25) is 0 Å². The van der Waals surface area contributed by atoms with E-state index < -0.39 is 18.4 Å². The van der Waals surface area contributed by atoms with E-state index in [1.165, 1.54) is 67.3 Å². The molecule has 2 aromatic heterocycles. The summed E-state index contributed by atoms with van der Waals surface area (Å²) in [5.41, 5.74) is 1.37. The summed E-state index contributed by atoms with van der Waals surface area (Å²) in [6.07, 6.45) is 12.8. The van der Waals surface area contributed by atoms with Crippen LogP contribution in [-0.2, 0) is 5.75 Å². The summed E-state index contributed by atoms with van der Waals surface area (Å²) in [4.78, 5) is 6.12. The van der Waals surface area contributed by atoms with Crippen LogP contribution < -0.4 is 2.89 Å². The second kappa shape index (κ2) is 11.8. The van der Waals surface area contributed by atoms with Gasteiger partial charge in [-0.25, -0.2) is 0 Å². The van der Waals surface area contributed by atoms with Gasteiger partial charge in [0, 0.05) is 0 Å². The quantitative estimate of drug-likeness (QED) is 0.165. The number of benzene rings is 1. The zero-order chi connectivity index (χ0) is 20.5. The molecule has 2 heterocycles. The number of fused-ring (bicyclic) bond motifs is 1. The third-order valence-corrected chi connectivity index (χ3v) is 26.4. The molecule has 0 saturated heterocycles. The predicted molar refractivity (Wildman–Crippen MR) is 134 cm³/mol. The van der Waals surface area contributed by atoms with Crippen molar-refractivity contribution in [2.75, 3.05) is 0 Å². The van der Waals surface area contributed by atoms with Crippen molar-refractivity contribution in [3.05, 3.63) is 48.4 Å². The van der Waals surface area contributed by atoms with Gasteiger partial charge < -0.3 is 0 Å². The Morgan fingerprint density at radius 2 is 1.55 bits per heavy atom. The number of imidazole rings is 1. The van der Waals surface area contributed by atoms with Crippen LogP contribution in [0.1, 0.15) is 64.9 Å². The van der Waals surface area contributed by atoms with Crippen molar-refractivity contribution >= 4 is 49.2 Å². The number of rotatable bonds is 13. The average Bonchev–Trinajstić information content (AvgIpc) is 3.34. The Morgan fingerprint density at radius 3 is 2.14 bits per heavy atom. The summed E-state index contributed by atoms with van der Waals surface area (Å²) in [6, 6.07) is 10.8. The van der Waals surface area contributed by atoms with Gasteiger partial charge in [0.1, 0.15) is 0 Å². The van der Waals surface area contributed by atoms with Gasteiger partial charge in [-0.05, 0) is 0 Å². The van der Waals surface area contributed by atoms with E-state index in [-0.39, 0.29) is 0 Å². The molecule has 0 N–H and O–H groups in total. The van der Waals surface area contributed by atoms with Crippen molar-refractivity contribution in [2.24, 2.45) is 0 Å². The molecule has 1 aromatic carbocycles. The van der Waals surface area contributed by atoms with E-state index in [0.29, 0.717) is 0 Å². The average molecular weight is 535 g/mol. The monoisotopic (exact) mass is 536 g/mol. The Morgan fingerprint density at radius 1 is 0.931 bits per heavy atom. The maximum atomic E-state index is 4.74. The van der Waals surface area contributed by atoms with Crippen LogP contribution in [0.3, 0.4) is 0 Å². The van der Waals surface area contributed by atoms with Crippen LogP contribution in [0.5, 0.6) is 0 Å². The number of nitrogens with zero attached hydrogens (tertiary/aromatic N) is 2. The molecule has 0 bridgehead atoms. The molecule has 0 spiro atoms. The number of thiazole rings is 1. The Bertz CT molecular complexity index is 835. The molecule has 29 heavy (non-hydrogen) atoms. The van der Waals surface area contributed by atoms with Gasteiger partial charge in [-0.1, -0.05) is 0 Å². The molecule has 3 rings (SSSR count). The van der Waals surface area contributed by atoms with Crippen LogP contribution in [0.4, 0.5) is 0 Å². The molecule has 0 aliphatic heterocycles. The van der Waals surface area contributed by atoms with E-state index in [2.05, 4.69) is 79.4 Å². The molecule has 2 nitrogen and oxygen atoms in total. The molecule has 0 fully saturated rings. The third-order valence-electron chi connectivity index (χ3n) is 5.95. The molecule has 0 aliphatic carbocycles. The van der Waals surface area contributed by atoms with Crippen molar-refractivity contribution in [1.29, 1.82) is 0 Å².